The number of rotatable bonds is 4. The van der Waals surface area contributed by atoms with Crippen molar-refractivity contribution >= 4 is 26.9 Å². The molecule has 0 saturated carbocycles. The third kappa shape index (κ3) is 4.18. The Hall–Kier alpha value is -2.92. The summed E-state index contributed by atoms with van der Waals surface area (Å²) in [5.41, 5.74) is 0.935. The molecule has 0 aliphatic carbocycles. The van der Waals surface area contributed by atoms with Gasteiger partial charge in [-0.1, -0.05) is 24.3 Å². The van der Waals surface area contributed by atoms with Crippen molar-refractivity contribution in [2.75, 3.05) is 24.5 Å². The molecule has 3 aromatic rings. The maximum Gasteiger partial charge on any atom is 0.573 e. The van der Waals surface area contributed by atoms with Gasteiger partial charge in [0.1, 0.15) is 16.5 Å². The Kier molecular flexibility index (Phi) is 5.64. The fourth-order valence-electron chi connectivity index (χ4n) is 5.03. The highest BCUT2D eigenvalue weighted by Crippen LogP contribution is 2.44. The summed E-state index contributed by atoms with van der Waals surface area (Å²) in [5, 5.41) is 0. The van der Waals surface area contributed by atoms with Crippen LogP contribution < -0.4 is 9.64 Å². The summed E-state index contributed by atoms with van der Waals surface area (Å²) < 4.78 is 71.2. The van der Waals surface area contributed by atoms with Gasteiger partial charge in [-0.25, -0.2) is 13.4 Å². The van der Waals surface area contributed by atoms with Crippen molar-refractivity contribution in [2.24, 2.45) is 0 Å². The Labute approximate surface area is 195 Å². The number of hydrogen-bond donors (Lipinski definition) is 0. The molecule has 0 radical (unpaired) electrons. The number of para-hydroxylation sites is 3. The number of hydrogen-bond acceptors (Lipinski definition) is 6. The van der Waals surface area contributed by atoms with E-state index in [1.165, 1.54) is 22.5 Å². The van der Waals surface area contributed by atoms with Crippen LogP contribution in [0.5, 0.6) is 5.75 Å². The second-order valence-corrected chi connectivity index (χ2v) is 10.4. The molecule has 2 saturated heterocycles. The third-order valence-corrected chi connectivity index (χ3v) is 8.67. The third-order valence-electron chi connectivity index (χ3n) is 6.63. The largest absolute Gasteiger partial charge is 0.573 e. The van der Waals surface area contributed by atoms with Crippen LogP contribution in [0.25, 0.3) is 11.0 Å². The average molecular weight is 493 g/mol. The lowest BCUT2D eigenvalue weighted by molar-refractivity contribution is -0.275. The van der Waals surface area contributed by atoms with Gasteiger partial charge in [0.25, 0.3) is 0 Å². The van der Waals surface area contributed by atoms with Crippen LogP contribution in [-0.4, -0.2) is 54.2 Å². The summed E-state index contributed by atoms with van der Waals surface area (Å²) in [5.74, 6) is 0.0193. The molecule has 0 unspecified atom stereocenters. The molecule has 2 aromatic carbocycles. The zero-order chi connectivity index (χ0) is 24.0. The first-order chi connectivity index (χ1) is 16.2. The molecular formula is C23H23F3N4O3S. The van der Waals surface area contributed by atoms with Gasteiger partial charge in [-0.15, -0.1) is 13.2 Å². The molecule has 0 N–H and O–H groups in total. The topological polar surface area (TPSA) is 75.6 Å². The van der Waals surface area contributed by atoms with Gasteiger partial charge in [0, 0.05) is 25.2 Å². The maximum absolute atomic E-state index is 13.6. The Morgan fingerprint density at radius 2 is 1.59 bits per heavy atom. The van der Waals surface area contributed by atoms with Crippen molar-refractivity contribution in [3.8, 4) is 5.75 Å². The van der Waals surface area contributed by atoms with E-state index in [4.69, 9.17) is 0 Å². The fraction of sp³-hybridized carbons (Fsp3) is 0.391. The van der Waals surface area contributed by atoms with Gasteiger partial charge >= 0.3 is 6.36 Å². The normalized spacial score (nSPS) is 19.1. The molecule has 1 spiro atoms. The van der Waals surface area contributed by atoms with Crippen molar-refractivity contribution in [1.29, 1.82) is 0 Å². The number of sulfonamides is 1. The van der Waals surface area contributed by atoms with Gasteiger partial charge in [-0.05, 0) is 49.9 Å². The number of aromatic nitrogens is 2. The SMILES string of the molecule is O=S(=O)(c1ccccc1OC(F)(F)F)N1CCCC12CCN(c1cnc3ccccc3n1)CC2. The summed E-state index contributed by atoms with van der Waals surface area (Å²) >= 11 is 0. The van der Waals surface area contributed by atoms with E-state index in [9.17, 15) is 21.6 Å². The zero-order valence-corrected chi connectivity index (χ0v) is 19.0. The van der Waals surface area contributed by atoms with Crippen LogP contribution in [0.1, 0.15) is 25.7 Å². The van der Waals surface area contributed by atoms with E-state index in [1.54, 1.807) is 6.20 Å². The summed E-state index contributed by atoms with van der Waals surface area (Å²) in [4.78, 5) is 10.8. The molecule has 3 heterocycles. The van der Waals surface area contributed by atoms with Crippen molar-refractivity contribution in [3.63, 3.8) is 0 Å². The number of anilines is 1. The Balaban J connectivity index is 1.39. The van der Waals surface area contributed by atoms with Crippen LogP contribution in [0.3, 0.4) is 0 Å². The Bertz CT molecular complexity index is 1310. The van der Waals surface area contributed by atoms with Crippen molar-refractivity contribution in [2.45, 2.75) is 42.5 Å². The van der Waals surface area contributed by atoms with E-state index in [1.807, 2.05) is 24.3 Å². The van der Waals surface area contributed by atoms with Gasteiger partial charge in [0.15, 0.2) is 0 Å². The van der Waals surface area contributed by atoms with Crippen LogP contribution in [-0.2, 0) is 10.0 Å². The van der Waals surface area contributed by atoms with E-state index >= 15 is 0 Å². The summed E-state index contributed by atoms with van der Waals surface area (Å²) in [6.45, 7) is 1.40. The minimum absolute atomic E-state index is 0.262. The lowest BCUT2D eigenvalue weighted by atomic mass is 9.86. The van der Waals surface area contributed by atoms with Crippen molar-refractivity contribution < 1.29 is 26.3 Å². The van der Waals surface area contributed by atoms with Gasteiger partial charge < -0.3 is 9.64 Å². The molecule has 2 fully saturated rings. The first kappa shape index (κ1) is 22.9. The average Bonchev–Trinajstić information content (AvgIpc) is 3.22. The molecule has 0 atom stereocenters. The number of ether oxygens (including phenoxy) is 1. The first-order valence-corrected chi connectivity index (χ1v) is 12.5. The molecule has 7 nitrogen and oxygen atoms in total. The second kappa shape index (κ2) is 8.38. The lowest BCUT2D eigenvalue weighted by Crippen LogP contribution is -2.54. The van der Waals surface area contributed by atoms with Crippen LogP contribution in [0.15, 0.2) is 59.6 Å². The second-order valence-electron chi connectivity index (χ2n) is 8.60. The molecule has 2 aliphatic heterocycles. The number of benzene rings is 2. The van der Waals surface area contributed by atoms with Gasteiger partial charge in [-0.3, -0.25) is 4.98 Å². The predicted octanol–water partition coefficient (Wildman–Crippen LogP) is 4.35. The molecule has 34 heavy (non-hydrogen) atoms. The standard InChI is InChI=1S/C23H23F3N4O3S/c24-23(25,26)33-19-8-3-4-9-20(19)34(31,32)30-13-5-10-22(30)11-14-29(15-12-22)21-16-27-17-6-1-2-7-18(17)28-21/h1-4,6-9,16H,5,10-15H2. The summed E-state index contributed by atoms with van der Waals surface area (Å²) in [7, 11) is -4.20. The highest BCUT2D eigenvalue weighted by Gasteiger charge is 2.50. The van der Waals surface area contributed by atoms with Crippen LogP contribution in [0.4, 0.5) is 19.0 Å². The van der Waals surface area contributed by atoms with E-state index in [2.05, 4.69) is 19.6 Å². The monoisotopic (exact) mass is 492 g/mol. The van der Waals surface area contributed by atoms with Crippen molar-refractivity contribution in [1.82, 2.24) is 14.3 Å². The predicted molar refractivity (Wildman–Crippen MR) is 120 cm³/mol. The molecule has 1 aromatic heterocycles. The quantitative estimate of drug-likeness (QED) is 0.539. The Morgan fingerprint density at radius 3 is 2.32 bits per heavy atom. The van der Waals surface area contributed by atoms with Gasteiger partial charge in [0.2, 0.25) is 10.0 Å². The smallest absolute Gasteiger partial charge is 0.404 e. The van der Waals surface area contributed by atoms with E-state index < -0.39 is 32.6 Å². The zero-order valence-electron chi connectivity index (χ0n) is 18.2. The molecule has 5 rings (SSSR count). The highest BCUT2D eigenvalue weighted by atomic mass is 32.2. The Morgan fingerprint density at radius 1 is 0.912 bits per heavy atom. The first-order valence-electron chi connectivity index (χ1n) is 11.0. The molecule has 2 aliphatic rings. The molecule has 11 heteroatoms. The van der Waals surface area contributed by atoms with E-state index in [-0.39, 0.29) is 6.54 Å². The minimum Gasteiger partial charge on any atom is -0.404 e. The number of piperidine rings is 1. The molecule has 180 valence electrons. The lowest BCUT2D eigenvalue weighted by Gasteiger charge is -2.44. The van der Waals surface area contributed by atoms with Gasteiger partial charge in [-0.2, -0.15) is 4.31 Å². The van der Waals surface area contributed by atoms with E-state index in [0.29, 0.717) is 38.8 Å². The van der Waals surface area contributed by atoms with Crippen LogP contribution in [0, 0.1) is 0 Å². The number of nitrogens with zero attached hydrogens (tertiary/aromatic N) is 4. The number of alkyl halides is 3. The van der Waals surface area contributed by atoms with Crippen LogP contribution in [0.2, 0.25) is 0 Å². The highest BCUT2D eigenvalue weighted by molar-refractivity contribution is 7.89. The summed E-state index contributed by atoms with van der Waals surface area (Å²) in [6, 6.07) is 12.5. The minimum atomic E-state index is -4.99. The summed E-state index contributed by atoms with van der Waals surface area (Å²) in [6.07, 6.45) is -0.871. The molecule has 0 amide bonds. The number of halogens is 3. The van der Waals surface area contributed by atoms with E-state index in [0.717, 1.165) is 22.9 Å². The maximum atomic E-state index is 13.6. The molecule has 0 bridgehead atoms. The fourth-order valence-corrected chi connectivity index (χ4v) is 7.04. The van der Waals surface area contributed by atoms with Gasteiger partial charge in [0.05, 0.1) is 17.2 Å². The van der Waals surface area contributed by atoms with Crippen molar-refractivity contribution in [3.05, 3.63) is 54.7 Å². The molecular weight excluding hydrogens is 469 g/mol. The van der Waals surface area contributed by atoms with Crippen LogP contribution >= 0.6 is 0 Å². The number of fused-ring (bicyclic) bond motifs is 1.